The number of likely N-dealkylation sites (tertiary alicyclic amines) is 1. The minimum atomic E-state index is 0.172. The van der Waals surface area contributed by atoms with Crippen LogP contribution in [-0.2, 0) is 5.41 Å². The number of benzene rings is 2. The van der Waals surface area contributed by atoms with Crippen molar-refractivity contribution < 1.29 is 0 Å². The van der Waals surface area contributed by atoms with E-state index in [0.29, 0.717) is 10.0 Å². The summed E-state index contributed by atoms with van der Waals surface area (Å²) in [6.07, 6.45) is 9.41. The molecule has 0 atom stereocenters. The topological polar surface area (TPSA) is 56.4 Å². The second kappa shape index (κ2) is 9.07. The van der Waals surface area contributed by atoms with E-state index in [2.05, 4.69) is 47.2 Å². The maximum atomic E-state index is 7.63. The molecule has 3 N–H and O–H groups in total. The van der Waals surface area contributed by atoms with Crippen molar-refractivity contribution in [2.75, 3.05) is 38.1 Å². The van der Waals surface area contributed by atoms with Crippen LogP contribution in [0.25, 0.3) is 11.6 Å². The first-order valence-corrected chi connectivity index (χ1v) is 11.3. The molecule has 4 nitrogen and oxygen atoms in total. The summed E-state index contributed by atoms with van der Waals surface area (Å²) in [5.74, 6) is 0. The molecule has 1 saturated heterocycles. The van der Waals surface area contributed by atoms with E-state index in [1.54, 1.807) is 0 Å². The highest BCUT2D eigenvalue weighted by molar-refractivity contribution is 6.42. The SMILES string of the molecule is CN1CC2(CCN(C/C=C/c3ccc(Cl)c(Cl)c3)CC2)c2cc(/C(C=N)=C/N)ccc21. The zero-order valence-corrected chi connectivity index (χ0v) is 19.3. The molecule has 2 aromatic rings. The summed E-state index contributed by atoms with van der Waals surface area (Å²) < 4.78 is 0. The molecule has 1 fully saturated rings. The van der Waals surface area contributed by atoms with Crippen molar-refractivity contribution in [2.24, 2.45) is 5.73 Å². The third-order valence-corrected chi connectivity index (χ3v) is 7.36. The molecule has 2 aliphatic heterocycles. The molecule has 0 unspecified atom stereocenters. The van der Waals surface area contributed by atoms with Gasteiger partial charge in [-0.1, -0.05) is 47.5 Å². The van der Waals surface area contributed by atoms with Gasteiger partial charge in [0, 0.05) is 49.2 Å². The minimum Gasteiger partial charge on any atom is -0.404 e. The van der Waals surface area contributed by atoms with Crippen molar-refractivity contribution in [3.05, 3.63) is 75.4 Å². The van der Waals surface area contributed by atoms with Crippen molar-refractivity contribution in [2.45, 2.75) is 18.3 Å². The lowest BCUT2D eigenvalue weighted by atomic mass is 9.73. The Hall–Kier alpha value is -2.27. The van der Waals surface area contributed by atoms with Gasteiger partial charge in [0.2, 0.25) is 0 Å². The molecule has 2 heterocycles. The Kier molecular flexibility index (Phi) is 6.42. The number of hydrogen-bond acceptors (Lipinski definition) is 4. The zero-order chi connectivity index (χ0) is 22.0. The van der Waals surface area contributed by atoms with Crippen LogP contribution in [0.5, 0.6) is 0 Å². The Balaban J connectivity index is 1.45. The number of nitrogens with two attached hydrogens (primary N) is 1. The van der Waals surface area contributed by atoms with Gasteiger partial charge in [0.05, 0.1) is 10.0 Å². The first-order chi connectivity index (χ1) is 15.0. The molecular formula is C25H28Cl2N4. The number of nitrogens with zero attached hydrogens (tertiary/aromatic N) is 2. The molecule has 0 saturated carbocycles. The highest BCUT2D eigenvalue weighted by Gasteiger charge is 2.43. The fourth-order valence-electron chi connectivity index (χ4n) is 4.87. The summed E-state index contributed by atoms with van der Waals surface area (Å²) in [4.78, 5) is 4.87. The number of halogens is 2. The summed E-state index contributed by atoms with van der Waals surface area (Å²) >= 11 is 12.1. The Labute approximate surface area is 194 Å². The Morgan fingerprint density at radius 1 is 1.13 bits per heavy atom. The van der Waals surface area contributed by atoms with Crippen LogP contribution in [0, 0.1) is 5.41 Å². The highest BCUT2D eigenvalue weighted by atomic mass is 35.5. The van der Waals surface area contributed by atoms with E-state index < -0.39 is 0 Å². The maximum Gasteiger partial charge on any atom is 0.0598 e. The molecule has 6 heteroatoms. The van der Waals surface area contributed by atoms with Gasteiger partial charge < -0.3 is 16.0 Å². The second-order valence-corrected chi connectivity index (χ2v) is 9.33. The highest BCUT2D eigenvalue weighted by Crippen LogP contribution is 2.47. The van der Waals surface area contributed by atoms with Crippen LogP contribution in [0.15, 0.2) is 48.7 Å². The summed E-state index contributed by atoms with van der Waals surface area (Å²) in [5, 5.41) is 8.80. The lowest BCUT2D eigenvalue weighted by Crippen LogP contribution is -2.44. The molecule has 1 spiro atoms. The first kappa shape index (κ1) is 21.9. The average molecular weight is 455 g/mol. The smallest absolute Gasteiger partial charge is 0.0598 e. The van der Waals surface area contributed by atoms with E-state index in [9.17, 15) is 0 Å². The van der Waals surface area contributed by atoms with E-state index in [1.807, 2.05) is 18.2 Å². The lowest BCUT2D eigenvalue weighted by molar-refractivity contribution is 0.181. The van der Waals surface area contributed by atoms with Crippen molar-refractivity contribution in [3.63, 3.8) is 0 Å². The molecule has 0 bridgehead atoms. The predicted octanol–water partition coefficient (Wildman–Crippen LogP) is 5.44. The Morgan fingerprint density at radius 3 is 2.58 bits per heavy atom. The van der Waals surface area contributed by atoms with Gasteiger partial charge in [-0.25, -0.2) is 0 Å². The largest absolute Gasteiger partial charge is 0.404 e. The molecule has 2 aromatic carbocycles. The normalized spacial score (nSPS) is 18.7. The quantitative estimate of drug-likeness (QED) is 0.591. The van der Waals surface area contributed by atoms with Crippen LogP contribution in [0.1, 0.15) is 29.5 Å². The molecule has 0 radical (unpaired) electrons. The Morgan fingerprint density at radius 2 is 1.90 bits per heavy atom. The van der Waals surface area contributed by atoms with Gasteiger partial charge in [0.15, 0.2) is 0 Å². The Bertz CT molecular complexity index is 1040. The number of piperidine rings is 1. The fraction of sp³-hybridized carbons (Fsp3) is 0.320. The van der Waals surface area contributed by atoms with E-state index in [4.69, 9.17) is 34.3 Å². The monoisotopic (exact) mass is 454 g/mol. The molecular weight excluding hydrogens is 427 g/mol. The number of nitrogens with one attached hydrogen (secondary N) is 1. The first-order valence-electron chi connectivity index (χ1n) is 10.6. The summed E-state index contributed by atoms with van der Waals surface area (Å²) in [6.45, 7) is 4.10. The molecule has 0 aliphatic carbocycles. The van der Waals surface area contributed by atoms with Crippen molar-refractivity contribution in [1.29, 1.82) is 5.41 Å². The van der Waals surface area contributed by atoms with Crippen LogP contribution in [0.3, 0.4) is 0 Å². The van der Waals surface area contributed by atoms with E-state index in [-0.39, 0.29) is 5.41 Å². The van der Waals surface area contributed by atoms with Gasteiger partial charge in [-0.2, -0.15) is 0 Å². The molecule has 4 rings (SSSR count). The number of likely N-dealkylation sites (N-methyl/N-ethyl adjacent to an activating group) is 1. The molecule has 0 amide bonds. The number of hydrogen-bond donors (Lipinski definition) is 2. The number of anilines is 1. The molecule has 2 aliphatic rings. The number of allylic oxidation sites excluding steroid dienone is 1. The summed E-state index contributed by atoms with van der Waals surface area (Å²) in [7, 11) is 2.18. The lowest BCUT2D eigenvalue weighted by Gasteiger charge is -2.39. The summed E-state index contributed by atoms with van der Waals surface area (Å²) in [6, 6.07) is 12.2. The molecule has 0 aromatic heterocycles. The van der Waals surface area contributed by atoms with Crippen LogP contribution in [0.2, 0.25) is 10.0 Å². The predicted molar refractivity (Wildman–Crippen MR) is 134 cm³/mol. The van der Waals surface area contributed by atoms with Gasteiger partial charge in [-0.3, -0.25) is 4.90 Å². The maximum absolute atomic E-state index is 7.63. The molecule has 31 heavy (non-hydrogen) atoms. The van der Waals surface area contributed by atoms with Crippen LogP contribution in [-0.4, -0.2) is 44.3 Å². The number of fused-ring (bicyclic) bond motifs is 2. The van der Waals surface area contributed by atoms with Gasteiger partial charge >= 0.3 is 0 Å². The van der Waals surface area contributed by atoms with Crippen LogP contribution >= 0.6 is 23.2 Å². The van der Waals surface area contributed by atoms with Crippen molar-refractivity contribution in [1.82, 2.24) is 4.90 Å². The minimum absolute atomic E-state index is 0.172. The second-order valence-electron chi connectivity index (χ2n) is 8.51. The van der Waals surface area contributed by atoms with Crippen molar-refractivity contribution >= 4 is 46.8 Å². The van der Waals surface area contributed by atoms with E-state index in [1.165, 1.54) is 23.7 Å². The van der Waals surface area contributed by atoms with Gasteiger partial charge in [-0.05, 0) is 66.9 Å². The van der Waals surface area contributed by atoms with Crippen molar-refractivity contribution in [3.8, 4) is 0 Å². The standard InChI is InChI=1S/C25H28Cl2N4/c1-30-17-25(21-14-19(5-7-24(21)30)20(15-28)16-29)8-11-31(12-9-25)10-2-3-18-4-6-22(26)23(27)13-18/h2-7,13-16,28H,8-12,17,29H2,1H3/b3-2+,20-16+,28-15?. The fourth-order valence-corrected chi connectivity index (χ4v) is 5.18. The summed E-state index contributed by atoms with van der Waals surface area (Å²) in [5.41, 5.74) is 11.5. The van der Waals surface area contributed by atoms with Gasteiger partial charge in [-0.15, -0.1) is 0 Å². The van der Waals surface area contributed by atoms with Gasteiger partial charge in [0.25, 0.3) is 0 Å². The third-order valence-electron chi connectivity index (χ3n) is 6.62. The van der Waals surface area contributed by atoms with Crippen LogP contribution in [0.4, 0.5) is 5.69 Å². The molecule has 162 valence electrons. The third kappa shape index (κ3) is 4.38. The average Bonchev–Trinajstić information content (AvgIpc) is 3.04. The van der Waals surface area contributed by atoms with Crippen LogP contribution < -0.4 is 10.6 Å². The number of rotatable bonds is 5. The van der Waals surface area contributed by atoms with E-state index in [0.717, 1.165) is 55.7 Å². The zero-order valence-electron chi connectivity index (χ0n) is 17.7. The van der Waals surface area contributed by atoms with E-state index >= 15 is 0 Å². The van der Waals surface area contributed by atoms with Gasteiger partial charge in [0.1, 0.15) is 0 Å².